The monoisotopic (exact) mass is 259 g/mol. The van der Waals surface area contributed by atoms with E-state index in [4.69, 9.17) is 0 Å². The SMILES string of the molecule is O=CNNC(=O)C(=C1CCNCC1)c1ccccc1. The van der Waals surface area contributed by atoms with Crippen LogP contribution >= 0.6 is 0 Å². The molecule has 0 unspecified atom stereocenters. The van der Waals surface area contributed by atoms with Crippen LogP contribution in [0.2, 0.25) is 0 Å². The van der Waals surface area contributed by atoms with E-state index in [9.17, 15) is 9.59 Å². The summed E-state index contributed by atoms with van der Waals surface area (Å²) >= 11 is 0. The Labute approximate surface area is 112 Å². The first-order chi connectivity index (χ1) is 9.33. The van der Waals surface area contributed by atoms with Gasteiger partial charge in [0.05, 0.1) is 0 Å². The molecular formula is C14H17N3O2. The average molecular weight is 259 g/mol. The number of carbonyl (C=O) groups is 2. The van der Waals surface area contributed by atoms with Crippen molar-refractivity contribution in [3.05, 3.63) is 41.5 Å². The van der Waals surface area contributed by atoms with Crippen molar-refractivity contribution in [2.75, 3.05) is 13.1 Å². The molecule has 0 spiro atoms. The van der Waals surface area contributed by atoms with Gasteiger partial charge in [-0.15, -0.1) is 0 Å². The maximum atomic E-state index is 12.2. The van der Waals surface area contributed by atoms with E-state index in [0.717, 1.165) is 37.1 Å². The molecule has 5 heteroatoms. The minimum Gasteiger partial charge on any atom is -0.316 e. The van der Waals surface area contributed by atoms with Crippen molar-refractivity contribution in [3.63, 3.8) is 0 Å². The van der Waals surface area contributed by atoms with Crippen LogP contribution in [-0.4, -0.2) is 25.4 Å². The van der Waals surface area contributed by atoms with Crippen LogP contribution in [0.15, 0.2) is 35.9 Å². The van der Waals surface area contributed by atoms with Crippen molar-refractivity contribution < 1.29 is 9.59 Å². The lowest BCUT2D eigenvalue weighted by molar-refractivity contribution is -0.120. The number of nitrogens with one attached hydrogen (secondary N) is 3. The van der Waals surface area contributed by atoms with Gasteiger partial charge in [-0.1, -0.05) is 35.9 Å². The summed E-state index contributed by atoms with van der Waals surface area (Å²) in [5.41, 5.74) is 7.26. The summed E-state index contributed by atoms with van der Waals surface area (Å²) < 4.78 is 0. The van der Waals surface area contributed by atoms with Gasteiger partial charge in [-0.2, -0.15) is 0 Å². The second kappa shape index (κ2) is 6.70. The zero-order valence-electron chi connectivity index (χ0n) is 10.6. The first kappa shape index (κ1) is 13.3. The van der Waals surface area contributed by atoms with Gasteiger partial charge < -0.3 is 5.32 Å². The second-order valence-electron chi connectivity index (χ2n) is 4.31. The quantitative estimate of drug-likeness (QED) is 0.421. The van der Waals surface area contributed by atoms with E-state index in [1.54, 1.807) is 0 Å². The van der Waals surface area contributed by atoms with E-state index < -0.39 is 0 Å². The van der Waals surface area contributed by atoms with Crippen molar-refractivity contribution >= 4 is 17.9 Å². The number of hydrogen-bond acceptors (Lipinski definition) is 3. The number of piperidine rings is 1. The number of carbonyl (C=O) groups excluding carboxylic acids is 2. The van der Waals surface area contributed by atoms with Crippen LogP contribution in [0.25, 0.3) is 5.57 Å². The minimum atomic E-state index is -0.268. The Bertz CT molecular complexity index is 475. The predicted octanol–water partition coefficient (Wildman–Crippen LogP) is 0.601. The predicted molar refractivity (Wildman–Crippen MR) is 72.8 cm³/mol. The van der Waals surface area contributed by atoms with Crippen molar-refractivity contribution in [2.24, 2.45) is 0 Å². The number of rotatable bonds is 4. The molecular weight excluding hydrogens is 242 g/mol. The fourth-order valence-corrected chi connectivity index (χ4v) is 2.24. The average Bonchev–Trinajstić information content (AvgIpc) is 2.47. The highest BCUT2D eigenvalue weighted by Gasteiger charge is 2.18. The smallest absolute Gasteiger partial charge is 0.270 e. The number of benzene rings is 1. The Kier molecular flexibility index (Phi) is 4.69. The third-order valence-corrected chi connectivity index (χ3v) is 3.09. The lowest BCUT2D eigenvalue weighted by Crippen LogP contribution is -2.37. The van der Waals surface area contributed by atoms with Gasteiger partial charge in [0, 0.05) is 5.57 Å². The van der Waals surface area contributed by atoms with E-state index >= 15 is 0 Å². The van der Waals surface area contributed by atoms with Crippen LogP contribution in [0, 0.1) is 0 Å². The molecule has 1 fully saturated rings. The van der Waals surface area contributed by atoms with Crippen molar-refractivity contribution in [2.45, 2.75) is 12.8 Å². The fraction of sp³-hybridized carbons (Fsp3) is 0.286. The summed E-state index contributed by atoms with van der Waals surface area (Å²) in [4.78, 5) is 22.5. The Morgan fingerprint density at radius 2 is 1.84 bits per heavy atom. The maximum Gasteiger partial charge on any atom is 0.270 e. The van der Waals surface area contributed by atoms with Crippen LogP contribution in [-0.2, 0) is 9.59 Å². The molecule has 0 aliphatic carbocycles. The Morgan fingerprint density at radius 3 is 2.47 bits per heavy atom. The van der Waals surface area contributed by atoms with Crippen molar-refractivity contribution in [1.29, 1.82) is 0 Å². The molecule has 0 saturated carbocycles. The zero-order chi connectivity index (χ0) is 13.5. The molecule has 19 heavy (non-hydrogen) atoms. The topological polar surface area (TPSA) is 70.2 Å². The zero-order valence-corrected chi connectivity index (χ0v) is 10.6. The van der Waals surface area contributed by atoms with Crippen LogP contribution in [0.3, 0.4) is 0 Å². The van der Waals surface area contributed by atoms with Crippen LogP contribution < -0.4 is 16.2 Å². The third kappa shape index (κ3) is 3.42. The molecule has 1 aliphatic rings. The van der Waals surface area contributed by atoms with Gasteiger partial charge in [0.2, 0.25) is 6.41 Å². The van der Waals surface area contributed by atoms with Crippen LogP contribution in [0.1, 0.15) is 18.4 Å². The molecule has 2 amide bonds. The first-order valence-corrected chi connectivity index (χ1v) is 6.30. The Hall–Kier alpha value is -2.14. The maximum absolute atomic E-state index is 12.2. The van der Waals surface area contributed by atoms with Gasteiger partial charge in [-0.25, -0.2) is 0 Å². The Balaban J connectivity index is 2.32. The molecule has 1 aliphatic heterocycles. The van der Waals surface area contributed by atoms with E-state index in [0.29, 0.717) is 12.0 Å². The van der Waals surface area contributed by atoms with E-state index in [1.165, 1.54) is 0 Å². The normalized spacial score (nSPS) is 14.6. The summed E-state index contributed by atoms with van der Waals surface area (Å²) in [7, 11) is 0. The molecule has 5 nitrogen and oxygen atoms in total. The lowest BCUT2D eigenvalue weighted by atomic mass is 9.93. The summed E-state index contributed by atoms with van der Waals surface area (Å²) in [6.45, 7) is 1.75. The molecule has 0 radical (unpaired) electrons. The van der Waals surface area contributed by atoms with E-state index in [-0.39, 0.29) is 5.91 Å². The second-order valence-corrected chi connectivity index (χ2v) is 4.31. The van der Waals surface area contributed by atoms with Crippen LogP contribution in [0.4, 0.5) is 0 Å². The van der Waals surface area contributed by atoms with Crippen molar-refractivity contribution in [3.8, 4) is 0 Å². The molecule has 1 aromatic rings. The van der Waals surface area contributed by atoms with E-state index in [1.807, 2.05) is 30.3 Å². The van der Waals surface area contributed by atoms with Gasteiger partial charge in [-0.05, 0) is 31.5 Å². The Morgan fingerprint density at radius 1 is 1.16 bits per heavy atom. The molecule has 100 valence electrons. The summed E-state index contributed by atoms with van der Waals surface area (Å²) in [6, 6.07) is 9.53. The van der Waals surface area contributed by atoms with Crippen molar-refractivity contribution in [1.82, 2.24) is 16.2 Å². The van der Waals surface area contributed by atoms with Gasteiger partial charge >= 0.3 is 0 Å². The highest BCUT2D eigenvalue weighted by Crippen LogP contribution is 2.24. The summed E-state index contributed by atoms with van der Waals surface area (Å²) in [5, 5.41) is 3.27. The molecule has 0 bridgehead atoms. The first-order valence-electron chi connectivity index (χ1n) is 6.30. The standard InChI is InChI=1S/C14H17N3O2/c18-10-16-17-14(19)13(11-4-2-1-3-5-11)12-6-8-15-9-7-12/h1-5,10,15H,6-9H2,(H,16,18)(H,17,19). The molecule has 0 atom stereocenters. The number of hydrazine groups is 1. The van der Waals surface area contributed by atoms with Gasteiger partial charge in [-0.3, -0.25) is 20.4 Å². The summed E-state index contributed by atoms with van der Waals surface area (Å²) in [5.74, 6) is -0.268. The molecule has 1 aromatic carbocycles. The molecule has 1 saturated heterocycles. The van der Waals surface area contributed by atoms with Gasteiger partial charge in [0.1, 0.15) is 0 Å². The highest BCUT2D eigenvalue weighted by atomic mass is 16.2. The fourth-order valence-electron chi connectivity index (χ4n) is 2.24. The molecule has 1 heterocycles. The highest BCUT2D eigenvalue weighted by molar-refractivity contribution is 6.20. The number of amides is 2. The third-order valence-electron chi connectivity index (χ3n) is 3.09. The largest absolute Gasteiger partial charge is 0.316 e. The summed E-state index contributed by atoms with van der Waals surface area (Å²) in [6.07, 6.45) is 2.14. The molecule has 0 aromatic heterocycles. The molecule has 2 rings (SSSR count). The van der Waals surface area contributed by atoms with E-state index in [2.05, 4.69) is 16.2 Å². The lowest BCUT2D eigenvalue weighted by Gasteiger charge is -2.20. The number of hydrogen-bond donors (Lipinski definition) is 3. The van der Waals surface area contributed by atoms with Gasteiger partial charge in [0.25, 0.3) is 5.91 Å². The van der Waals surface area contributed by atoms with Crippen LogP contribution in [0.5, 0.6) is 0 Å². The molecule has 3 N–H and O–H groups in total. The van der Waals surface area contributed by atoms with Gasteiger partial charge in [0.15, 0.2) is 0 Å². The minimum absolute atomic E-state index is 0.268.